The molecule has 2 aromatic carbocycles. The molecular weight excluding hydrogens is 651 g/mol. The Labute approximate surface area is 277 Å². The number of nitrogens with one attached hydrogen (secondary N) is 1. The molecule has 1 N–H and O–H groups in total. The fraction of sp³-hybridized carbons (Fsp3) is 0.353. The summed E-state index contributed by atoms with van der Waals surface area (Å²) in [4.78, 5) is 31.8. The van der Waals surface area contributed by atoms with Gasteiger partial charge in [0.2, 0.25) is 11.8 Å². The number of carbonyl (C=O) groups is 2. The van der Waals surface area contributed by atoms with Gasteiger partial charge in [-0.25, -0.2) is 26.7 Å². The maximum absolute atomic E-state index is 15.9. The number of carbonyl (C=O) groups excluding carboxylic acids is 2. The monoisotopic (exact) mass is 682 g/mol. The number of amides is 2. The summed E-state index contributed by atoms with van der Waals surface area (Å²) in [5.74, 6) is -6.45. The van der Waals surface area contributed by atoms with E-state index in [2.05, 4.69) is 20.5 Å². The summed E-state index contributed by atoms with van der Waals surface area (Å²) in [7, 11) is 0. The summed E-state index contributed by atoms with van der Waals surface area (Å²) < 4.78 is 84.2. The second kappa shape index (κ2) is 12.9. The molecule has 256 valence electrons. The molecule has 5 rings (SSSR count). The number of anilines is 1. The zero-order chi connectivity index (χ0) is 35.9. The number of alkyl halides is 4. The summed E-state index contributed by atoms with van der Waals surface area (Å²) in [6, 6.07) is 10.8. The van der Waals surface area contributed by atoms with Crippen molar-refractivity contribution in [3.05, 3.63) is 83.1 Å². The SMILES string of the molecule is CC(C)(C)OC(=O)N[C@H]1CC(F)(F)c2cc(F)c(-c3nnc(C(C)(C)C#N)o3)cc2N(Cc2ccc(-c3ccc(C(F)F)cn3)cc2)C1=O. The van der Waals surface area contributed by atoms with E-state index >= 15 is 13.2 Å². The number of nitriles is 1. The zero-order valence-electron chi connectivity index (χ0n) is 27.0. The minimum absolute atomic E-state index is 0.141. The van der Waals surface area contributed by atoms with Crippen molar-refractivity contribution in [2.75, 3.05) is 4.90 Å². The topological polar surface area (TPSA) is 134 Å². The Morgan fingerprint density at radius 1 is 1.12 bits per heavy atom. The van der Waals surface area contributed by atoms with E-state index in [-0.39, 0.29) is 23.7 Å². The Hall–Kier alpha value is -5.39. The third-order valence-electron chi connectivity index (χ3n) is 7.58. The molecule has 0 saturated heterocycles. The molecule has 1 atom stereocenters. The van der Waals surface area contributed by atoms with Gasteiger partial charge < -0.3 is 19.4 Å². The first-order valence-electron chi connectivity index (χ1n) is 15.0. The number of aromatic nitrogens is 3. The molecule has 3 heterocycles. The Kier molecular flexibility index (Phi) is 9.20. The van der Waals surface area contributed by atoms with Gasteiger partial charge in [-0.05, 0) is 64.4 Å². The van der Waals surface area contributed by atoms with E-state index in [4.69, 9.17) is 9.15 Å². The van der Waals surface area contributed by atoms with Gasteiger partial charge in [0.05, 0.1) is 29.6 Å². The van der Waals surface area contributed by atoms with E-state index in [9.17, 15) is 23.6 Å². The van der Waals surface area contributed by atoms with Crippen LogP contribution in [0.3, 0.4) is 0 Å². The van der Waals surface area contributed by atoms with Gasteiger partial charge in [0.15, 0.2) is 0 Å². The van der Waals surface area contributed by atoms with Crippen LogP contribution in [0.2, 0.25) is 0 Å². The van der Waals surface area contributed by atoms with Crippen LogP contribution in [0.1, 0.15) is 70.0 Å². The molecule has 0 unspecified atom stereocenters. The van der Waals surface area contributed by atoms with Gasteiger partial charge in [0.25, 0.3) is 18.2 Å². The minimum atomic E-state index is -3.82. The van der Waals surface area contributed by atoms with Crippen LogP contribution in [-0.2, 0) is 27.4 Å². The number of ether oxygens (including phenoxy) is 1. The highest BCUT2D eigenvalue weighted by Gasteiger charge is 2.47. The highest BCUT2D eigenvalue weighted by Crippen LogP contribution is 2.45. The van der Waals surface area contributed by atoms with Gasteiger partial charge in [-0.15, -0.1) is 10.2 Å². The molecule has 0 bridgehead atoms. The lowest BCUT2D eigenvalue weighted by Gasteiger charge is -2.27. The predicted molar refractivity (Wildman–Crippen MR) is 166 cm³/mol. The van der Waals surface area contributed by atoms with Gasteiger partial charge in [0, 0.05) is 29.3 Å². The number of benzene rings is 2. The van der Waals surface area contributed by atoms with Crippen LogP contribution >= 0.6 is 0 Å². The first-order chi connectivity index (χ1) is 22.9. The largest absolute Gasteiger partial charge is 0.444 e. The lowest BCUT2D eigenvalue weighted by molar-refractivity contribution is -0.123. The number of nitrogens with zero attached hydrogens (tertiary/aromatic N) is 5. The van der Waals surface area contributed by atoms with E-state index < -0.39 is 70.7 Å². The highest BCUT2D eigenvalue weighted by atomic mass is 19.3. The van der Waals surface area contributed by atoms with Crippen molar-refractivity contribution >= 4 is 17.7 Å². The maximum atomic E-state index is 15.9. The Morgan fingerprint density at radius 3 is 2.41 bits per heavy atom. The van der Waals surface area contributed by atoms with Crippen molar-refractivity contribution in [2.24, 2.45) is 0 Å². The van der Waals surface area contributed by atoms with E-state index in [0.717, 1.165) is 17.2 Å². The van der Waals surface area contributed by atoms with Gasteiger partial charge in [0.1, 0.15) is 22.9 Å². The molecule has 1 aliphatic rings. The standard InChI is InChI=1S/C34H31F5N6O4/c1-32(2,3)49-31(47)42-25-14-34(38,39)22-13-23(35)21(28-43-44-30(48-28)33(4,5)17-40)12-26(22)45(29(25)46)16-18-6-8-19(9-7-18)24-11-10-20(15-41-24)27(36)37/h6-13,15,25,27H,14,16H2,1-5H3,(H,42,47)/t25-/m0/s1. The molecule has 2 aromatic heterocycles. The van der Waals surface area contributed by atoms with Gasteiger partial charge in [-0.3, -0.25) is 9.78 Å². The molecule has 4 aromatic rings. The lowest BCUT2D eigenvalue weighted by Crippen LogP contribution is -2.49. The molecule has 2 amide bonds. The van der Waals surface area contributed by atoms with Crippen LogP contribution in [0.25, 0.3) is 22.7 Å². The predicted octanol–water partition coefficient (Wildman–Crippen LogP) is 7.60. The molecule has 0 spiro atoms. The van der Waals surface area contributed by atoms with Gasteiger partial charge >= 0.3 is 6.09 Å². The van der Waals surface area contributed by atoms with Crippen LogP contribution in [0.4, 0.5) is 32.4 Å². The van der Waals surface area contributed by atoms with E-state index in [0.29, 0.717) is 22.9 Å². The summed E-state index contributed by atoms with van der Waals surface area (Å²) in [6.07, 6.45) is -3.93. The summed E-state index contributed by atoms with van der Waals surface area (Å²) >= 11 is 0. The average Bonchev–Trinajstić information content (AvgIpc) is 3.51. The number of fused-ring (bicyclic) bond motifs is 1. The maximum Gasteiger partial charge on any atom is 0.408 e. The van der Waals surface area contributed by atoms with E-state index in [1.165, 1.54) is 26.0 Å². The Morgan fingerprint density at radius 2 is 1.82 bits per heavy atom. The Balaban J connectivity index is 1.57. The molecule has 15 heteroatoms. The molecule has 10 nitrogen and oxygen atoms in total. The second-order valence-corrected chi connectivity index (χ2v) is 13.0. The van der Waals surface area contributed by atoms with Crippen molar-refractivity contribution in [1.29, 1.82) is 5.26 Å². The highest BCUT2D eigenvalue weighted by molar-refractivity contribution is 6.01. The number of rotatable bonds is 7. The first kappa shape index (κ1) is 34.9. The second-order valence-electron chi connectivity index (χ2n) is 13.0. The minimum Gasteiger partial charge on any atom is -0.444 e. The Bertz CT molecular complexity index is 1920. The molecular formula is C34H31F5N6O4. The number of alkyl carbamates (subject to hydrolysis) is 1. The zero-order valence-corrected chi connectivity index (χ0v) is 27.0. The van der Waals surface area contributed by atoms with E-state index in [1.54, 1.807) is 45.0 Å². The first-order valence-corrected chi connectivity index (χ1v) is 15.0. The number of pyridine rings is 1. The fourth-order valence-corrected chi connectivity index (χ4v) is 5.03. The fourth-order valence-electron chi connectivity index (χ4n) is 5.03. The lowest BCUT2D eigenvalue weighted by atomic mass is 9.96. The van der Waals surface area contributed by atoms with Gasteiger partial charge in [-0.2, -0.15) is 5.26 Å². The van der Waals surface area contributed by atoms with Crippen molar-refractivity contribution < 1.29 is 40.7 Å². The summed E-state index contributed by atoms with van der Waals surface area (Å²) in [6.45, 7) is 7.38. The smallest absolute Gasteiger partial charge is 0.408 e. The molecule has 0 radical (unpaired) electrons. The van der Waals surface area contributed by atoms with Crippen molar-refractivity contribution in [2.45, 2.75) is 77.0 Å². The third-order valence-corrected chi connectivity index (χ3v) is 7.58. The summed E-state index contributed by atoms with van der Waals surface area (Å²) in [5, 5.41) is 19.3. The van der Waals surface area contributed by atoms with Crippen LogP contribution < -0.4 is 10.2 Å². The number of halogens is 5. The normalized spacial score (nSPS) is 16.2. The summed E-state index contributed by atoms with van der Waals surface area (Å²) in [5.41, 5.74) is -2.70. The molecule has 49 heavy (non-hydrogen) atoms. The van der Waals surface area contributed by atoms with Crippen molar-refractivity contribution in [3.63, 3.8) is 0 Å². The average molecular weight is 683 g/mol. The molecule has 0 saturated carbocycles. The van der Waals surface area contributed by atoms with Crippen molar-refractivity contribution in [1.82, 2.24) is 20.5 Å². The van der Waals surface area contributed by atoms with Crippen LogP contribution in [0, 0.1) is 17.1 Å². The van der Waals surface area contributed by atoms with Crippen LogP contribution in [0.15, 0.2) is 59.1 Å². The van der Waals surface area contributed by atoms with Gasteiger partial charge in [-0.1, -0.05) is 24.3 Å². The quantitative estimate of drug-likeness (QED) is 0.197. The molecule has 0 fully saturated rings. The number of hydrogen-bond acceptors (Lipinski definition) is 8. The third kappa shape index (κ3) is 7.53. The van der Waals surface area contributed by atoms with Crippen LogP contribution in [-0.4, -0.2) is 38.8 Å². The van der Waals surface area contributed by atoms with Crippen LogP contribution in [0.5, 0.6) is 0 Å². The molecule has 1 aliphatic heterocycles. The molecule has 0 aliphatic carbocycles. The van der Waals surface area contributed by atoms with E-state index in [1.807, 2.05) is 6.07 Å². The number of hydrogen-bond donors (Lipinski definition) is 1. The van der Waals surface area contributed by atoms with Crippen molar-refractivity contribution in [3.8, 4) is 28.8 Å².